The molecule has 0 saturated carbocycles. The summed E-state index contributed by atoms with van der Waals surface area (Å²) in [5, 5.41) is 20.6. The Morgan fingerprint density at radius 1 is 0.857 bits per heavy atom. The number of aryl methyl sites for hydroxylation is 2. The van der Waals surface area contributed by atoms with Crippen LogP contribution < -0.4 is 14.4 Å². The third-order valence-corrected chi connectivity index (χ3v) is 10.2. The normalized spacial score (nSPS) is 15.5. The lowest BCUT2D eigenvalue weighted by Gasteiger charge is -2.22. The number of hydrogen-bond donors (Lipinski definition) is 1. The van der Waals surface area contributed by atoms with Gasteiger partial charge in [-0.25, -0.2) is 0 Å². The Balaban J connectivity index is 1.29. The van der Waals surface area contributed by atoms with Crippen LogP contribution in [0.1, 0.15) is 59.2 Å². The molecule has 1 fully saturated rings. The van der Waals surface area contributed by atoms with Crippen molar-refractivity contribution < 1.29 is 24.2 Å². The van der Waals surface area contributed by atoms with Gasteiger partial charge in [0, 0.05) is 11.3 Å². The van der Waals surface area contributed by atoms with Gasteiger partial charge < -0.3 is 14.6 Å². The minimum atomic E-state index is -0.926. The Labute approximate surface area is 294 Å². The van der Waals surface area contributed by atoms with Gasteiger partial charge in [-0.3, -0.25) is 14.5 Å². The molecule has 4 aromatic carbocycles. The second-order valence-electron chi connectivity index (χ2n) is 11.9. The summed E-state index contributed by atoms with van der Waals surface area (Å²) in [6.07, 6.45) is 1.94. The van der Waals surface area contributed by atoms with E-state index in [0.29, 0.717) is 45.9 Å². The van der Waals surface area contributed by atoms with E-state index in [-0.39, 0.29) is 16.5 Å². The number of amides is 1. The van der Waals surface area contributed by atoms with Crippen LogP contribution in [-0.4, -0.2) is 33.6 Å². The Hall–Kier alpha value is -4.93. The summed E-state index contributed by atoms with van der Waals surface area (Å²) in [6.45, 7) is 7.16. The van der Waals surface area contributed by atoms with E-state index in [4.69, 9.17) is 9.47 Å². The number of Topliss-reactive ketones (excluding diaryl/α,β-unsaturated/α-hetero) is 1. The van der Waals surface area contributed by atoms with Crippen LogP contribution in [0, 0.1) is 13.8 Å². The van der Waals surface area contributed by atoms with Gasteiger partial charge in [-0.1, -0.05) is 108 Å². The molecule has 0 bridgehead atoms. The lowest BCUT2D eigenvalue weighted by atomic mass is 9.95. The van der Waals surface area contributed by atoms with Crippen LogP contribution in [0.4, 0.5) is 5.13 Å². The van der Waals surface area contributed by atoms with Gasteiger partial charge in [0.25, 0.3) is 5.78 Å². The number of aliphatic hydroxyl groups excluding tert-OH is 1. The second-order valence-corrected chi connectivity index (χ2v) is 14.0. The van der Waals surface area contributed by atoms with Crippen LogP contribution in [0.5, 0.6) is 11.5 Å². The van der Waals surface area contributed by atoms with E-state index in [0.717, 1.165) is 29.5 Å². The molecule has 49 heavy (non-hydrogen) atoms. The summed E-state index contributed by atoms with van der Waals surface area (Å²) in [6, 6.07) is 29.5. The van der Waals surface area contributed by atoms with Crippen LogP contribution >= 0.6 is 23.1 Å². The fraction of sp³-hybridized carbons (Fsp3) is 0.231. The van der Waals surface area contributed by atoms with Crippen molar-refractivity contribution in [1.82, 2.24) is 10.2 Å². The number of ketones is 1. The van der Waals surface area contributed by atoms with Gasteiger partial charge in [-0.2, -0.15) is 0 Å². The van der Waals surface area contributed by atoms with E-state index >= 15 is 0 Å². The molecular formula is C39H37N3O5S2. The average molecular weight is 692 g/mol. The molecule has 1 aliphatic rings. The number of thioether (sulfide) groups is 1. The maximum atomic E-state index is 13.7. The van der Waals surface area contributed by atoms with E-state index < -0.39 is 17.7 Å². The van der Waals surface area contributed by atoms with Crippen LogP contribution in [0.25, 0.3) is 5.76 Å². The lowest BCUT2D eigenvalue weighted by Crippen LogP contribution is -2.29. The maximum Gasteiger partial charge on any atom is 0.301 e. The number of unbranched alkanes of at least 4 members (excludes halogenated alkanes) is 1. The molecular weight excluding hydrogens is 655 g/mol. The summed E-state index contributed by atoms with van der Waals surface area (Å²) >= 11 is 2.75. The number of benzene rings is 4. The Morgan fingerprint density at radius 2 is 1.57 bits per heavy atom. The molecule has 6 rings (SSSR count). The van der Waals surface area contributed by atoms with Crippen molar-refractivity contribution in [2.75, 3.05) is 11.5 Å². The number of nitrogens with zero attached hydrogens (tertiary/aromatic N) is 3. The topological polar surface area (TPSA) is 102 Å². The number of ether oxygens (including phenoxy) is 2. The van der Waals surface area contributed by atoms with Crippen molar-refractivity contribution in [3.05, 3.63) is 136 Å². The number of carbonyl (C=O) groups excluding carboxylic acids is 2. The molecule has 0 radical (unpaired) electrons. The van der Waals surface area contributed by atoms with Crippen molar-refractivity contribution in [3.63, 3.8) is 0 Å². The largest absolute Gasteiger partial charge is 0.507 e. The fourth-order valence-corrected chi connectivity index (χ4v) is 7.27. The molecule has 5 aromatic rings. The zero-order chi connectivity index (χ0) is 34.3. The number of hydrogen-bond acceptors (Lipinski definition) is 9. The smallest absolute Gasteiger partial charge is 0.301 e. The third kappa shape index (κ3) is 8.04. The van der Waals surface area contributed by atoms with Crippen LogP contribution in [-0.2, 0) is 21.9 Å². The highest BCUT2D eigenvalue weighted by Gasteiger charge is 2.48. The van der Waals surface area contributed by atoms with Crippen molar-refractivity contribution >= 4 is 45.7 Å². The molecule has 1 aliphatic heterocycles. The first-order valence-corrected chi connectivity index (χ1v) is 18.0. The summed E-state index contributed by atoms with van der Waals surface area (Å²) in [5.74, 6) is 0.118. The lowest BCUT2D eigenvalue weighted by molar-refractivity contribution is -0.132. The molecule has 0 spiro atoms. The first-order chi connectivity index (χ1) is 23.8. The van der Waals surface area contributed by atoms with Gasteiger partial charge in [0.05, 0.1) is 18.2 Å². The molecule has 10 heteroatoms. The molecule has 0 aliphatic carbocycles. The Kier molecular flexibility index (Phi) is 10.8. The monoisotopic (exact) mass is 691 g/mol. The highest BCUT2D eigenvalue weighted by Crippen LogP contribution is 2.44. The molecule has 1 aromatic heterocycles. The van der Waals surface area contributed by atoms with Crippen LogP contribution in [0.3, 0.4) is 0 Å². The van der Waals surface area contributed by atoms with Gasteiger partial charge in [0.1, 0.15) is 23.9 Å². The number of anilines is 1. The standard InChI is InChI=1S/C39H37N3O5S2/c1-4-5-21-46-31-17-13-29(14-18-31)34-33(35(43)30-15-19-32(20-16-30)47-23-28-8-6-7-26(3)22-28)36(44)37(45)42(34)38-40-41-39(49-38)48-24-27-11-9-25(2)10-12-27/h6-20,22,34,43H,4-5,21,23-24H2,1-3H3/b35-33+. The van der Waals surface area contributed by atoms with Gasteiger partial charge in [-0.15, -0.1) is 10.2 Å². The van der Waals surface area contributed by atoms with Crippen molar-refractivity contribution in [1.29, 1.82) is 0 Å². The first-order valence-electron chi connectivity index (χ1n) is 16.1. The van der Waals surface area contributed by atoms with E-state index in [2.05, 4.69) is 47.5 Å². The van der Waals surface area contributed by atoms with Crippen molar-refractivity contribution in [2.24, 2.45) is 0 Å². The molecule has 1 amide bonds. The van der Waals surface area contributed by atoms with E-state index in [1.807, 2.05) is 56.3 Å². The summed E-state index contributed by atoms with van der Waals surface area (Å²) in [4.78, 5) is 28.8. The SMILES string of the molecule is CCCCOc1ccc(C2/C(=C(\O)c3ccc(OCc4cccc(C)c4)cc3)C(=O)C(=O)N2c2nnc(SCc3ccc(C)cc3)s2)cc1. The molecule has 2 heterocycles. The number of aromatic nitrogens is 2. The third-order valence-electron chi connectivity index (χ3n) is 8.11. The first kappa shape index (κ1) is 34.0. The number of carbonyl (C=O) groups is 2. The molecule has 1 N–H and O–H groups in total. The van der Waals surface area contributed by atoms with E-state index in [9.17, 15) is 14.7 Å². The van der Waals surface area contributed by atoms with Crippen LogP contribution in [0.2, 0.25) is 0 Å². The van der Waals surface area contributed by atoms with E-state index in [1.54, 1.807) is 24.3 Å². The fourth-order valence-electron chi connectivity index (χ4n) is 5.45. The predicted molar refractivity (Wildman–Crippen MR) is 194 cm³/mol. The van der Waals surface area contributed by atoms with Gasteiger partial charge in [-0.05, 0) is 73.4 Å². The predicted octanol–water partition coefficient (Wildman–Crippen LogP) is 8.83. The molecule has 1 saturated heterocycles. The van der Waals surface area contributed by atoms with Crippen LogP contribution in [0.15, 0.2) is 107 Å². The summed E-state index contributed by atoms with van der Waals surface area (Å²) in [5.41, 5.74) is 5.51. The highest BCUT2D eigenvalue weighted by molar-refractivity contribution is 8.00. The number of aliphatic hydroxyl groups is 1. The van der Waals surface area contributed by atoms with Gasteiger partial charge in [0.15, 0.2) is 4.34 Å². The summed E-state index contributed by atoms with van der Waals surface area (Å²) in [7, 11) is 0. The minimum absolute atomic E-state index is 0.0258. The second kappa shape index (κ2) is 15.5. The minimum Gasteiger partial charge on any atom is -0.507 e. The zero-order valence-electron chi connectivity index (χ0n) is 27.6. The van der Waals surface area contributed by atoms with E-state index in [1.165, 1.54) is 33.6 Å². The van der Waals surface area contributed by atoms with Gasteiger partial charge in [0.2, 0.25) is 5.13 Å². The Morgan fingerprint density at radius 3 is 2.29 bits per heavy atom. The van der Waals surface area contributed by atoms with Crippen molar-refractivity contribution in [2.45, 2.75) is 56.4 Å². The molecule has 1 unspecified atom stereocenters. The average Bonchev–Trinajstić information content (AvgIpc) is 3.69. The maximum absolute atomic E-state index is 13.7. The van der Waals surface area contributed by atoms with Crippen molar-refractivity contribution in [3.8, 4) is 11.5 Å². The number of rotatable bonds is 13. The molecule has 250 valence electrons. The Bertz CT molecular complexity index is 1950. The highest BCUT2D eigenvalue weighted by atomic mass is 32.2. The molecule has 1 atom stereocenters. The summed E-state index contributed by atoms with van der Waals surface area (Å²) < 4.78 is 12.5. The molecule has 8 nitrogen and oxygen atoms in total. The quantitative estimate of drug-likeness (QED) is 0.0327. The zero-order valence-corrected chi connectivity index (χ0v) is 29.2. The van der Waals surface area contributed by atoms with Gasteiger partial charge >= 0.3 is 5.91 Å².